The second-order valence-electron chi connectivity index (χ2n) is 8.13. The number of allylic oxidation sites excluding steroid dienone is 5. The lowest BCUT2D eigenvalue weighted by Crippen LogP contribution is -2.45. The molecule has 4 heteroatoms. The maximum Gasteiger partial charge on any atom is 0.173 e. The van der Waals surface area contributed by atoms with Crippen LogP contribution in [-0.2, 0) is 14.4 Å². The molecular formula is C22H32O4. The summed E-state index contributed by atoms with van der Waals surface area (Å²) in [6, 6.07) is 0. The Balaban J connectivity index is 3.41. The van der Waals surface area contributed by atoms with Gasteiger partial charge < -0.3 is 5.11 Å². The normalized spacial score (nSPS) is 22.7. The summed E-state index contributed by atoms with van der Waals surface area (Å²) in [4.78, 5) is 38.4. The molecule has 0 aliphatic heterocycles. The highest BCUT2D eigenvalue weighted by Gasteiger charge is 2.55. The monoisotopic (exact) mass is 360 g/mol. The van der Waals surface area contributed by atoms with Crippen molar-refractivity contribution in [2.75, 3.05) is 0 Å². The van der Waals surface area contributed by atoms with E-state index in [2.05, 4.69) is 0 Å². The van der Waals surface area contributed by atoms with Crippen LogP contribution in [0.25, 0.3) is 0 Å². The third-order valence-corrected chi connectivity index (χ3v) is 4.77. The molecule has 0 amide bonds. The summed E-state index contributed by atoms with van der Waals surface area (Å²) in [5.74, 6) is -1.94. The third kappa shape index (κ3) is 4.67. The van der Waals surface area contributed by atoms with Gasteiger partial charge in [-0.05, 0) is 52.5 Å². The first kappa shape index (κ1) is 22.2. The fourth-order valence-electron chi connectivity index (χ4n) is 3.31. The van der Waals surface area contributed by atoms with Gasteiger partial charge in [0, 0.05) is 12.8 Å². The maximum absolute atomic E-state index is 13.0. The summed E-state index contributed by atoms with van der Waals surface area (Å²) in [6.07, 6.45) is 4.09. The Labute approximate surface area is 157 Å². The Morgan fingerprint density at radius 2 is 1.65 bits per heavy atom. The molecule has 0 unspecified atom stereocenters. The summed E-state index contributed by atoms with van der Waals surface area (Å²) in [5, 5.41) is 11.3. The van der Waals surface area contributed by atoms with Crippen molar-refractivity contribution in [3.8, 4) is 0 Å². The first-order valence-corrected chi connectivity index (χ1v) is 9.24. The molecule has 26 heavy (non-hydrogen) atoms. The highest BCUT2D eigenvalue weighted by Crippen LogP contribution is 2.42. The smallest absolute Gasteiger partial charge is 0.173 e. The van der Waals surface area contributed by atoms with Gasteiger partial charge in [0.15, 0.2) is 23.0 Å². The molecule has 0 spiro atoms. The van der Waals surface area contributed by atoms with E-state index in [1.54, 1.807) is 13.0 Å². The van der Waals surface area contributed by atoms with Crippen molar-refractivity contribution in [2.24, 2.45) is 11.8 Å². The van der Waals surface area contributed by atoms with E-state index in [1.807, 2.05) is 47.6 Å². The average molecular weight is 360 g/mol. The molecule has 0 aromatic carbocycles. The summed E-state index contributed by atoms with van der Waals surface area (Å²) in [6.45, 7) is 12.9. The van der Waals surface area contributed by atoms with Gasteiger partial charge in [-0.15, -0.1) is 0 Å². The van der Waals surface area contributed by atoms with Gasteiger partial charge >= 0.3 is 0 Å². The molecule has 1 N–H and O–H groups in total. The highest BCUT2D eigenvalue weighted by molar-refractivity contribution is 6.26. The number of carbonyl (C=O) groups is 3. The van der Waals surface area contributed by atoms with Crippen molar-refractivity contribution < 1.29 is 19.5 Å². The molecule has 0 fully saturated rings. The van der Waals surface area contributed by atoms with Crippen LogP contribution in [0.15, 0.2) is 34.4 Å². The molecule has 0 aromatic rings. The highest BCUT2D eigenvalue weighted by atomic mass is 16.3. The Morgan fingerprint density at radius 1 is 1.12 bits per heavy atom. The molecular weight excluding hydrogens is 328 g/mol. The predicted molar refractivity (Wildman–Crippen MR) is 104 cm³/mol. The molecule has 0 heterocycles. The van der Waals surface area contributed by atoms with Gasteiger partial charge in [-0.25, -0.2) is 0 Å². The van der Waals surface area contributed by atoms with Crippen LogP contribution in [0.2, 0.25) is 0 Å². The zero-order valence-corrected chi connectivity index (χ0v) is 17.1. The Hall–Kier alpha value is -1.81. The van der Waals surface area contributed by atoms with Crippen LogP contribution in [0.5, 0.6) is 0 Å². The molecule has 0 bridgehead atoms. The van der Waals surface area contributed by atoms with E-state index < -0.39 is 23.1 Å². The minimum Gasteiger partial charge on any atom is -0.377 e. The summed E-state index contributed by atoms with van der Waals surface area (Å²) < 4.78 is 0. The third-order valence-electron chi connectivity index (χ3n) is 4.77. The molecule has 0 aromatic heterocycles. The van der Waals surface area contributed by atoms with E-state index in [4.69, 9.17) is 0 Å². The summed E-state index contributed by atoms with van der Waals surface area (Å²) in [7, 11) is 0. The number of ketones is 3. The van der Waals surface area contributed by atoms with Crippen molar-refractivity contribution >= 4 is 17.3 Å². The fraction of sp³-hybridized carbons (Fsp3) is 0.591. The minimum absolute atomic E-state index is 0.0268. The van der Waals surface area contributed by atoms with Gasteiger partial charge in [-0.3, -0.25) is 14.4 Å². The van der Waals surface area contributed by atoms with E-state index in [-0.39, 0.29) is 42.1 Å². The number of aliphatic hydroxyl groups is 1. The maximum atomic E-state index is 13.0. The SMILES string of the molecule is CC(C)=CCC(=O)[C@@]1(O)C(C)=C(C(=O)CC(C)C)C(=O)[C@H]1CC=C(C)C. The molecule has 1 aliphatic rings. The lowest BCUT2D eigenvalue weighted by molar-refractivity contribution is -0.141. The lowest BCUT2D eigenvalue weighted by atomic mass is 9.79. The molecule has 144 valence electrons. The minimum atomic E-state index is -1.91. The van der Waals surface area contributed by atoms with Crippen LogP contribution in [-0.4, -0.2) is 28.1 Å². The molecule has 1 rings (SSSR count). The second kappa shape index (κ2) is 8.72. The van der Waals surface area contributed by atoms with Gasteiger partial charge in [-0.2, -0.15) is 0 Å². The van der Waals surface area contributed by atoms with Crippen molar-refractivity contribution in [1.82, 2.24) is 0 Å². The molecule has 2 atom stereocenters. The van der Waals surface area contributed by atoms with Crippen molar-refractivity contribution in [3.05, 3.63) is 34.4 Å². The number of hydrogen-bond acceptors (Lipinski definition) is 4. The zero-order valence-electron chi connectivity index (χ0n) is 17.1. The van der Waals surface area contributed by atoms with Crippen molar-refractivity contribution in [3.63, 3.8) is 0 Å². The number of hydrogen-bond donors (Lipinski definition) is 1. The first-order valence-electron chi connectivity index (χ1n) is 9.24. The van der Waals surface area contributed by atoms with Gasteiger partial charge in [0.25, 0.3) is 0 Å². The Bertz CT molecular complexity index is 683. The van der Waals surface area contributed by atoms with Gasteiger partial charge in [-0.1, -0.05) is 37.1 Å². The van der Waals surface area contributed by atoms with E-state index in [0.29, 0.717) is 0 Å². The number of carbonyl (C=O) groups excluding carboxylic acids is 3. The predicted octanol–water partition coefficient (Wildman–Crippen LogP) is 4.13. The number of rotatable bonds is 8. The molecule has 0 saturated heterocycles. The topological polar surface area (TPSA) is 71.4 Å². The van der Waals surface area contributed by atoms with Gasteiger partial charge in [0.2, 0.25) is 0 Å². The Morgan fingerprint density at radius 3 is 2.12 bits per heavy atom. The standard InChI is InChI=1S/C22H32O4/c1-13(2)8-10-17-21(25)20(18(23)12-15(5)6)16(7)22(17,26)19(24)11-9-14(3)4/h8-9,15,17,26H,10-12H2,1-7H3/t17-,22-/m1/s1. The molecule has 1 aliphatic carbocycles. The Kier molecular flexibility index (Phi) is 7.45. The largest absolute Gasteiger partial charge is 0.377 e. The zero-order chi connectivity index (χ0) is 20.2. The first-order chi connectivity index (χ1) is 11.9. The van der Waals surface area contributed by atoms with Crippen LogP contribution in [0.3, 0.4) is 0 Å². The van der Waals surface area contributed by atoms with Crippen LogP contribution in [0.1, 0.15) is 67.7 Å². The quantitative estimate of drug-likeness (QED) is 0.522. The van der Waals surface area contributed by atoms with Crippen LogP contribution < -0.4 is 0 Å². The summed E-state index contributed by atoms with van der Waals surface area (Å²) in [5.41, 5.74) is 0.296. The number of Topliss-reactive ketones (excluding diaryl/α,β-unsaturated/α-hetero) is 3. The van der Waals surface area contributed by atoms with Gasteiger partial charge in [0.05, 0.1) is 11.5 Å². The molecule has 4 nitrogen and oxygen atoms in total. The van der Waals surface area contributed by atoms with Crippen molar-refractivity contribution in [2.45, 2.75) is 73.3 Å². The van der Waals surface area contributed by atoms with E-state index in [1.165, 1.54) is 0 Å². The van der Waals surface area contributed by atoms with E-state index >= 15 is 0 Å². The van der Waals surface area contributed by atoms with Crippen molar-refractivity contribution in [1.29, 1.82) is 0 Å². The van der Waals surface area contributed by atoms with Crippen LogP contribution in [0, 0.1) is 11.8 Å². The lowest BCUT2D eigenvalue weighted by Gasteiger charge is -2.29. The van der Waals surface area contributed by atoms with Crippen LogP contribution >= 0.6 is 0 Å². The average Bonchev–Trinajstić information content (AvgIpc) is 2.69. The van der Waals surface area contributed by atoms with E-state index in [0.717, 1.165) is 11.1 Å². The van der Waals surface area contributed by atoms with E-state index in [9.17, 15) is 19.5 Å². The van der Waals surface area contributed by atoms with Gasteiger partial charge in [0.1, 0.15) is 0 Å². The molecule has 0 radical (unpaired) electrons. The fourth-order valence-corrected chi connectivity index (χ4v) is 3.31. The second-order valence-corrected chi connectivity index (χ2v) is 8.13. The van der Waals surface area contributed by atoms with Crippen LogP contribution in [0.4, 0.5) is 0 Å². The molecule has 0 saturated carbocycles. The summed E-state index contributed by atoms with van der Waals surface area (Å²) >= 11 is 0.